The van der Waals surface area contributed by atoms with Gasteiger partial charge in [-0.1, -0.05) is 24.3 Å². The van der Waals surface area contributed by atoms with Crippen LogP contribution in [-0.4, -0.2) is 24.2 Å². The molecule has 1 aromatic carbocycles. The van der Waals surface area contributed by atoms with Crippen molar-refractivity contribution in [3.63, 3.8) is 0 Å². The summed E-state index contributed by atoms with van der Waals surface area (Å²) >= 11 is 5.58. The van der Waals surface area contributed by atoms with Crippen molar-refractivity contribution < 1.29 is 14.3 Å². The maximum Gasteiger partial charge on any atom is 0.315 e. The highest BCUT2D eigenvalue weighted by Crippen LogP contribution is 2.28. The summed E-state index contributed by atoms with van der Waals surface area (Å²) < 4.78 is 5.05. The van der Waals surface area contributed by atoms with Gasteiger partial charge in [-0.25, -0.2) is 0 Å². The first-order chi connectivity index (χ1) is 8.45. The van der Waals surface area contributed by atoms with E-state index in [0.717, 1.165) is 0 Å². The molecule has 1 aromatic rings. The first-order valence-electron chi connectivity index (χ1n) is 5.81. The van der Waals surface area contributed by atoms with Gasteiger partial charge in [0.15, 0.2) is 5.78 Å². The molecule has 0 aliphatic heterocycles. The van der Waals surface area contributed by atoms with Crippen molar-refractivity contribution in [3.05, 3.63) is 35.4 Å². The molecule has 0 heterocycles. The average molecular weight is 269 g/mol. The molecular formula is C14H17ClO3. The minimum absolute atomic E-state index is 0.101. The van der Waals surface area contributed by atoms with Crippen molar-refractivity contribution >= 4 is 23.4 Å². The van der Waals surface area contributed by atoms with Gasteiger partial charge in [0, 0.05) is 5.56 Å². The van der Waals surface area contributed by atoms with Gasteiger partial charge in [-0.3, -0.25) is 9.59 Å². The van der Waals surface area contributed by atoms with E-state index in [4.69, 9.17) is 16.3 Å². The van der Waals surface area contributed by atoms with Gasteiger partial charge in [0.05, 0.1) is 17.9 Å². The van der Waals surface area contributed by atoms with Gasteiger partial charge in [-0.15, -0.1) is 11.6 Å². The predicted octanol–water partition coefficient (Wildman–Crippen LogP) is 2.95. The molecule has 0 aliphatic carbocycles. The summed E-state index contributed by atoms with van der Waals surface area (Å²) in [4.78, 5) is 23.7. The first-order valence-corrected chi connectivity index (χ1v) is 6.34. The van der Waals surface area contributed by atoms with E-state index >= 15 is 0 Å². The molecule has 18 heavy (non-hydrogen) atoms. The molecule has 1 rings (SSSR count). The van der Waals surface area contributed by atoms with Crippen LogP contribution in [0.3, 0.4) is 0 Å². The number of hydrogen-bond donors (Lipinski definition) is 0. The molecule has 0 aromatic heterocycles. The topological polar surface area (TPSA) is 43.4 Å². The van der Waals surface area contributed by atoms with Gasteiger partial charge in [0.25, 0.3) is 0 Å². The van der Waals surface area contributed by atoms with Crippen molar-refractivity contribution in [3.8, 4) is 0 Å². The fourth-order valence-electron chi connectivity index (χ4n) is 1.76. The third kappa shape index (κ3) is 2.91. The molecule has 0 N–H and O–H groups in total. The molecule has 0 amide bonds. The lowest BCUT2D eigenvalue weighted by Gasteiger charge is -2.24. The van der Waals surface area contributed by atoms with Crippen LogP contribution in [0.15, 0.2) is 24.3 Å². The van der Waals surface area contributed by atoms with E-state index in [-0.39, 0.29) is 17.6 Å². The summed E-state index contributed by atoms with van der Waals surface area (Å²) in [5.74, 6) is -0.639. The van der Waals surface area contributed by atoms with Crippen molar-refractivity contribution in [2.75, 3.05) is 12.5 Å². The smallest absolute Gasteiger partial charge is 0.315 e. The molecule has 3 nitrogen and oxygen atoms in total. The Balaban J connectivity index is 3.23. The number of halogens is 1. The van der Waals surface area contributed by atoms with Crippen molar-refractivity contribution in [1.82, 2.24) is 0 Å². The summed E-state index contributed by atoms with van der Waals surface area (Å²) in [7, 11) is 0. The molecule has 0 unspecified atom stereocenters. The van der Waals surface area contributed by atoms with Crippen molar-refractivity contribution in [2.24, 2.45) is 0 Å². The molecule has 98 valence electrons. The Morgan fingerprint density at radius 1 is 1.28 bits per heavy atom. The molecule has 0 spiro atoms. The van der Waals surface area contributed by atoms with Crippen LogP contribution in [0.25, 0.3) is 0 Å². The fourth-order valence-corrected chi connectivity index (χ4v) is 1.91. The van der Waals surface area contributed by atoms with Gasteiger partial charge in [0.1, 0.15) is 0 Å². The molecule has 4 heteroatoms. The summed E-state index contributed by atoms with van der Waals surface area (Å²) in [5.41, 5.74) is 0.258. The summed E-state index contributed by atoms with van der Waals surface area (Å²) in [6.07, 6.45) is 0. The van der Waals surface area contributed by atoms with E-state index in [0.29, 0.717) is 17.7 Å². The number of ether oxygens (including phenoxy) is 1. The third-order valence-corrected chi connectivity index (χ3v) is 3.05. The Bertz CT molecular complexity index is 452. The van der Waals surface area contributed by atoms with Crippen LogP contribution in [-0.2, 0) is 14.9 Å². The van der Waals surface area contributed by atoms with E-state index in [9.17, 15) is 9.59 Å². The average Bonchev–Trinajstić information content (AvgIpc) is 2.38. The number of ketones is 1. The zero-order valence-electron chi connectivity index (χ0n) is 10.8. The standard InChI is InChI=1S/C14H17ClO3/c1-4-18-13(17)14(2,3)11-8-6-5-7-10(11)12(16)9-15/h5-8H,4,9H2,1-3H3. The number of hydrogen-bond acceptors (Lipinski definition) is 3. The van der Waals surface area contributed by atoms with Crippen molar-refractivity contribution in [2.45, 2.75) is 26.2 Å². The number of alkyl halides is 1. The quantitative estimate of drug-likeness (QED) is 0.468. The van der Waals surface area contributed by atoms with Crippen molar-refractivity contribution in [1.29, 1.82) is 0 Å². The van der Waals surface area contributed by atoms with Gasteiger partial charge in [-0.2, -0.15) is 0 Å². The lowest BCUT2D eigenvalue weighted by Crippen LogP contribution is -2.33. The summed E-state index contributed by atoms with van der Waals surface area (Å²) in [6.45, 7) is 5.55. The van der Waals surface area contributed by atoms with Crippen LogP contribution in [0.1, 0.15) is 36.7 Å². The number of Topliss-reactive ketones (excluding diaryl/α,β-unsaturated/α-hetero) is 1. The number of benzene rings is 1. The Morgan fingerprint density at radius 3 is 2.44 bits per heavy atom. The highest BCUT2D eigenvalue weighted by molar-refractivity contribution is 6.30. The van der Waals surface area contributed by atoms with E-state index in [1.807, 2.05) is 0 Å². The lowest BCUT2D eigenvalue weighted by molar-refractivity contribution is -0.148. The largest absolute Gasteiger partial charge is 0.465 e. The van der Waals surface area contributed by atoms with E-state index in [1.54, 1.807) is 45.0 Å². The molecule has 0 aliphatic rings. The Kier molecular flexibility index (Phi) is 4.91. The van der Waals surface area contributed by atoms with Crippen LogP contribution >= 0.6 is 11.6 Å². The molecule has 0 saturated heterocycles. The van der Waals surface area contributed by atoms with Crippen LogP contribution < -0.4 is 0 Å². The first kappa shape index (κ1) is 14.7. The second-order valence-electron chi connectivity index (χ2n) is 4.45. The van der Waals surface area contributed by atoms with Crippen LogP contribution in [0.4, 0.5) is 0 Å². The molecular weight excluding hydrogens is 252 g/mol. The Hall–Kier alpha value is -1.35. The monoisotopic (exact) mass is 268 g/mol. The SMILES string of the molecule is CCOC(=O)C(C)(C)c1ccccc1C(=O)CCl. The predicted molar refractivity (Wildman–Crippen MR) is 71.2 cm³/mol. The van der Waals surface area contributed by atoms with Crippen LogP contribution in [0.2, 0.25) is 0 Å². The Morgan fingerprint density at radius 2 is 1.89 bits per heavy atom. The number of carbonyl (C=O) groups excluding carboxylic acids is 2. The molecule has 0 bridgehead atoms. The van der Waals surface area contributed by atoms with Crippen LogP contribution in [0, 0.1) is 0 Å². The maximum atomic E-state index is 12.0. The normalized spacial score (nSPS) is 11.1. The zero-order valence-corrected chi connectivity index (χ0v) is 11.6. The van der Waals surface area contributed by atoms with E-state index in [1.165, 1.54) is 0 Å². The summed E-state index contributed by atoms with van der Waals surface area (Å²) in [5, 5.41) is 0. The minimum atomic E-state index is -0.867. The highest BCUT2D eigenvalue weighted by atomic mass is 35.5. The molecule has 0 radical (unpaired) electrons. The minimum Gasteiger partial charge on any atom is -0.465 e. The molecule has 0 fully saturated rings. The lowest BCUT2D eigenvalue weighted by atomic mass is 9.81. The fraction of sp³-hybridized carbons (Fsp3) is 0.429. The second-order valence-corrected chi connectivity index (χ2v) is 4.72. The van der Waals surface area contributed by atoms with E-state index < -0.39 is 5.41 Å². The van der Waals surface area contributed by atoms with Gasteiger partial charge in [0.2, 0.25) is 0 Å². The number of esters is 1. The number of carbonyl (C=O) groups is 2. The summed E-state index contributed by atoms with van der Waals surface area (Å²) in [6, 6.07) is 6.99. The third-order valence-electron chi connectivity index (χ3n) is 2.81. The molecule has 0 atom stereocenters. The van der Waals surface area contributed by atoms with Gasteiger partial charge in [-0.05, 0) is 26.3 Å². The van der Waals surface area contributed by atoms with Gasteiger partial charge >= 0.3 is 5.97 Å². The molecule has 0 saturated carbocycles. The Labute approximate surface area is 112 Å². The number of rotatable bonds is 5. The van der Waals surface area contributed by atoms with Gasteiger partial charge < -0.3 is 4.74 Å². The zero-order chi connectivity index (χ0) is 13.8. The second kappa shape index (κ2) is 6.01. The highest BCUT2D eigenvalue weighted by Gasteiger charge is 2.34. The maximum absolute atomic E-state index is 12.0. The van der Waals surface area contributed by atoms with Crippen LogP contribution in [0.5, 0.6) is 0 Å². The van der Waals surface area contributed by atoms with E-state index in [2.05, 4.69) is 0 Å².